The Morgan fingerprint density at radius 3 is 2.48 bits per heavy atom. The van der Waals surface area contributed by atoms with E-state index < -0.39 is 0 Å². The van der Waals surface area contributed by atoms with E-state index in [0.29, 0.717) is 12.5 Å². The number of anilines is 2. The predicted molar refractivity (Wildman–Crippen MR) is 115 cm³/mol. The summed E-state index contributed by atoms with van der Waals surface area (Å²) in [4.78, 5) is 31.2. The Morgan fingerprint density at radius 2 is 1.86 bits per heavy atom. The molecule has 6 nitrogen and oxygen atoms in total. The Balaban J connectivity index is 1.35. The average molecular weight is 412 g/mol. The van der Waals surface area contributed by atoms with Gasteiger partial charge in [-0.15, -0.1) is 11.3 Å². The second-order valence-electron chi connectivity index (χ2n) is 8.33. The Kier molecular flexibility index (Phi) is 4.40. The summed E-state index contributed by atoms with van der Waals surface area (Å²) in [5.41, 5.74) is 1.61. The zero-order chi connectivity index (χ0) is 20.2. The van der Waals surface area contributed by atoms with Crippen LogP contribution >= 0.6 is 11.3 Å². The monoisotopic (exact) mass is 411 g/mol. The van der Waals surface area contributed by atoms with E-state index in [4.69, 9.17) is 4.74 Å². The quantitative estimate of drug-likeness (QED) is 0.771. The van der Waals surface area contributed by atoms with E-state index >= 15 is 0 Å². The van der Waals surface area contributed by atoms with Crippen LogP contribution in [0, 0.1) is 5.92 Å². The van der Waals surface area contributed by atoms with Gasteiger partial charge in [0, 0.05) is 37.0 Å². The first-order chi connectivity index (χ1) is 13.9. The highest BCUT2D eigenvalue weighted by atomic mass is 32.1. The number of benzene rings is 1. The molecule has 6 rings (SSSR count). The van der Waals surface area contributed by atoms with Crippen LogP contribution in [0.15, 0.2) is 36.4 Å². The summed E-state index contributed by atoms with van der Waals surface area (Å²) in [7, 11) is 1.77. The van der Waals surface area contributed by atoms with Crippen LogP contribution in [0.3, 0.4) is 0 Å². The molecule has 0 aliphatic carbocycles. The van der Waals surface area contributed by atoms with Gasteiger partial charge < -0.3 is 9.64 Å². The number of rotatable bonds is 3. The first-order valence-electron chi connectivity index (χ1n) is 10.1. The zero-order valence-electron chi connectivity index (χ0n) is 16.8. The highest BCUT2D eigenvalue weighted by Crippen LogP contribution is 2.45. The molecule has 1 aromatic carbocycles. The normalized spacial score (nSPS) is 28.1. The third-order valence-corrected chi connectivity index (χ3v) is 7.79. The van der Waals surface area contributed by atoms with Gasteiger partial charge in [-0.2, -0.15) is 0 Å². The highest BCUT2D eigenvalue weighted by Gasteiger charge is 2.55. The van der Waals surface area contributed by atoms with Crippen molar-refractivity contribution in [3.05, 3.63) is 36.4 Å². The Labute approximate surface area is 174 Å². The molecule has 1 aromatic heterocycles. The fraction of sp³-hybridized carbons (Fsp3) is 0.455. The van der Waals surface area contributed by atoms with Crippen LogP contribution in [0.2, 0.25) is 0 Å². The van der Waals surface area contributed by atoms with E-state index in [0.717, 1.165) is 53.6 Å². The summed E-state index contributed by atoms with van der Waals surface area (Å²) >= 11 is 1.61. The fourth-order valence-electron chi connectivity index (χ4n) is 4.84. The van der Waals surface area contributed by atoms with Crippen LogP contribution in [0.5, 0.6) is 0 Å². The summed E-state index contributed by atoms with van der Waals surface area (Å²) in [6.45, 7) is 5.32. The Morgan fingerprint density at radius 1 is 1.14 bits per heavy atom. The Hall–Kier alpha value is -2.38. The SMILES string of the molecule is CC(=O)N(C)c1ccc(-c2ccc(N3C[C@@]4(CN5CCC4CC5)OC3=O)s2)cc1. The van der Waals surface area contributed by atoms with Crippen molar-refractivity contribution in [1.29, 1.82) is 0 Å². The molecule has 4 fully saturated rings. The van der Waals surface area contributed by atoms with Crippen molar-refractivity contribution in [2.24, 2.45) is 5.92 Å². The number of piperidine rings is 3. The molecule has 7 heteroatoms. The van der Waals surface area contributed by atoms with Gasteiger partial charge in [-0.05, 0) is 55.8 Å². The van der Waals surface area contributed by atoms with Crippen LogP contribution in [0.4, 0.5) is 15.5 Å². The lowest BCUT2D eigenvalue weighted by Crippen LogP contribution is -2.61. The molecule has 4 aliphatic heterocycles. The molecule has 0 unspecified atom stereocenters. The molecule has 5 heterocycles. The first kappa shape index (κ1) is 18.6. The molecule has 29 heavy (non-hydrogen) atoms. The summed E-state index contributed by atoms with van der Waals surface area (Å²) in [5, 5.41) is 0.934. The summed E-state index contributed by atoms with van der Waals surface area (Å²) in [6.07, 6.45) is 2.03. The lowest BCUT2D eigenvalue weighted by Gasteiger charge is -2.49. The number of ether oxygens (including phenoxy) is 1. The van der Waals surface area contributed by atoms with Crippen molar-refractivity contribution in [1.82, 2.24) is 4.90 Å². The van der Waals surface area contributed by atoms with E-state index in [-0.39, 0.29) is 17.6 Å². The Bertz CT molecular complexity index is 948. The van der Waals surface area contributed by atoms with Gasteiger partial charge in [0.2, 0.25) is 5.91 Å². The molecule has 2 aromatic rings. The molecule has 1 atom stereocenters. The number of nitrogens with zero attached hydrogens (tertiary/aromatic N) is 3. The van der Waals surface area contributed by atoms with Crippen LogP contribution in [-0.2, 0) is 9.53 Å². The third kappa shape index (κ3) is 3.13. The largest absolute Gasteiger partial charge is 0.439 e. The molecule has 1 spiro atoms. The summed E-state index contributed by atoms with van der Waals surface area (Å²) in [5.74, 6) is 0.483. The number of fused-ring (bicyclic) bond motifs is 2. The summed E-state index contributed by atoms with van der Waals surface area (Å²) < 4.78 is 5.98. The number of hydrogen-bond acceptors (Lipinski definition) is 5. The van der Waals surface area contributed by atoms with Crippen LogP contribution in [-0.4, -0.2) is 55.7 Å². The maximum absolute atomic E-state index is 12.7. The minimum absolute atomic E-state index is 0.00498. The lowest BCUT2D eigenvalue weighted by atomic mass is 9.75. The molecule has 0 radical (unpaired) electrons. The second kappa shape index (κ2) is 6.85. The molecular formula is C22H25N3O3S. The molecule has 4 aliphatic rings. The zero-order valence-corrected chi connectivity index (χ0v) is 17.6. The van der Waals surface area contributed by atoms with E-state index in [1.54, 1.807) is 30.2 Å². The average Bonchev–Trinajstić information content (AvgIpc) is 3.33. The number of carbonyl (C=O) groups is 2. The van der Waals surface area contributed by atoms with Crippen LogP contribution < -0.4 is 9.80 Å². The van der Waals surface area contributed by atoms with Crippen molar-refractivity contribution in [2.75, 3.05) is 43.0 Å². The van der Waals surface area contributed by atoms with Gasteiger partial charge in [0.1, 0.15) is 10.6 Å². The molecular weight excluding hydrogens is 386 g/mol. The van der Waals surface area contributed by atoms with E-state index in [1.807, 2.05) is 35.2 Å². The number of carbonyl (C=O) groups excluding carboxylic acids is 2. The molecule has 2 bridgehead atoms. The van der Waals surface area contributed by atoms with Gasteiger partial charge in [0.15, 0.2) is 0 Å². The molecule has 2 amide bonds. The van der Waals surface area contributed by atoms with Crippen molar-refractivity contribution in [2.45, 2.75) is 25.4 Å². The number of hydrogen-bond donors (Lipinski definition) is 0. The minimum Gasteiger partial charge on any atom is -0.439 e. The predicted octanol–water partition coefficient (Wildman–Crippen LogP) is 3.82. The molecule has 0 saturated carbocycles. The smallest absolute Gasteiger partial charge is 0.415 e. The van der Waals surface area contributed by atoms with Gasteiger partial charge in [-0.1, -0.05) is 12.1 Å². The van der Waals surface area contributed by atoms with Gasteiger partial charge >= 0.3 is 6.09 Å². The number of thiophene rings is 1. The van der Waals surface area contributed by atoms with E-state index in [1.165, 1.54) is 0 Å². The minimum atomic E-state index is -0.337. The molecule has 152 valence electrons. The second-order valence-corrected chi connectivity index (χ2v) is 9.39. The van der Waals surface area contributed by atoms with E-state index in [9.17, 15) is 9.59 Å². The van der Waals surface area contributed by atoms with Crippen LogP contribution in [0.25, 0.3) is 10.4 Å². The third-order valence-electron chi connectivity index (χ3n) is 6.63. The van der Waals surface area contributed by atoms with Crippen LogP contribution in [0.1, 0.15) is 19.8 Å². The summed E-state index contributed by atoms with van der Waals surface area (Å²) in [6, 6.07) is 12.0. The van der Waals surface area contributed by atoms with Crippen molar-refractivity contribution >= 4 is 34.0 Å². The fourth-order valence-corrected chi connectivity index (χ4v) is 5.84. The maximum Gasteiger partial charge on any atom is 0.415 e. The van der Waals surface area contributed by atoms with Gasteiger partial charge in [0.05, 0.1) is 6.54 Å². The van der Waals surface area contributed by atoms with Gasteiger partial charge in [-0.25, -0.2) is 4.79 Å². The topological polar surface area (TPSA) is 53.1 Å². The lowest BCUT2D eigenvalue weighted by molar-refractivity contribution is -0.116. The molecule has 0 N–H and O–H groups in total. The standard InChI is InChI=1S/C22H25N3O3S/c1-15(26)23(2)18-5-3-16(4-6-18)19-7-8-20(29-19)25-14-22(28-21(25)27)13-24-11-9-17(22)10-12-24/h3-8,17H,9-14H2,1-2H3/t22-/m1/s1. The van der Waals surface area contributed by atoms with Crippen molar-refractivity contribution < 1.29 is 14.3 Å². The first-order valence-corrected chi connectivity index (χ1v) is 10.9. The van der Waals surface area contributed by atoms with E-state index in [2.05, 4.69) is 11.0 Å². The maximum atomic E-state index is 12.7. The van der Waals surface area contributed by atoms with Crippen molar-refractivity contribution in [3.63, 3.8) is 0 Å². The van der Waals surface area contributed by atoms with Crippen molar-refractivity contribution in [3.8, 4) is 10.4 Å². The van der Waals surface area contributed by atoms with Gasteiger partial charge in [-0.3, -0.25) is 14.6 Å². The highest BCUT2D eigenvalue weighted by molar-refractivity contribution is 7.19. The molecule has 4 saturated heterocycles. The van der Waals surface area contributed by atoms with Gasteiger partial charge in [0.25, 0.3) is 0 Å². The number of amides is 2.